The molecule has 1 aromatic heterocycles. The maximum atomic E-state index is 6.09. The van der Waals surface area contributed by atoms with Gasteiger partial charge in [-0.15, -0.1) is 0 Å². The highest BCUT2D eigenvalue weighted by molar-refractivity contribution is 5.13. The van der Waals surface area contributed by atoms with E-state index in [1.807, 2.05) is 26.0 Å². The molecule has 3 nitrogen and oxygen atoms in total. The van der Waals surface area contributed by atoms with Crippen molar-refractivity contribution in [1.82, 2.24) is 4.98 Å². The molecule has 0 saturated heterocycles. The van der Waals surface area contributed by atoms with Crippen molar-refractivity contribution >= 4 is 0 Å². The van der Waals surface area contributed by atoms with Crippen LogP contribution in [0.5, 0.6) is 0 Å². The van der Waals surface area contributed by atoms with Crippen molar-refractivity contribution in [3.8, 4) is 0 Å². The first-order chi connectivity index (χ1) is 6.64. The monoisotopic (exact) mass is 194 g/mol. The first-order valence-corrected chi connectivity index (χ1v) is 4.89. The molecule has 0 spiro atoms. The van der Waals surface area contributed by atoms with E-state index < -0.39 is 0 Å². The van der Waals surface area contributed by atoms with Crippen LogP contribution >= 0.6 is 0 Å². The van der Waals surface area contributed by atoms with Gasteiger partial charge in [0.2, 0.25) is 0 Å². The first kappa shape index (κ1) is 11.1. The lowest BCUT2D eigenvalue weighted by Crippen LogP contribution is -2.43. The van der Waals surface area contributed by atoms with Crippen molar-refractivity contribution in [2.45, 2.75) is 25.8 Å². The summed E-state index contributed by atoms with van der Waals surface area (Å²) in [6.45, 7) is 5.28. The Bertz CT molecular complexity index is 259. The lowest BCUT2D eigenvalue weighted by molar-refractivity contribution is 0.101. The smallest absolute Gasteiger partial charge is 0.0646 e. The highest BCUT2D eigenvalue weighted by Gasteiger charge is 2.18. The molecule has 1 heterocycles. The number of ether oxygens (including phenoxy) is 1. The van der Waals surface area contributed by atoms with E-state index in [1.54, 1.807) is 12.4 Å². The van der Waals surface area contributed by atoms with Crippen LogP contribution in [0.15, 0.2) is 24.5 Å². The SMILES string of the molecule is CCOCC(C)(N)Cc1ccncc1. The zero-order valence-electron chi connectivity index (χ0n) is 8.86. The number of nitrogens with two attached hydrogens (primary N) is 1. The normalized spacial score (nSPS) is 15.1. The molecule has 1 rings (SSSR count). The lowest BCUT2D eigenvalue weighted by atomic mass is 9.95. The molecule has 0 aliphatic heterocycles. The number of hydrogen-bond acceptors (Lipinski definition) is 3. The molecule has 0 fully saturated rings. The highest BCUT2D eigenvalue weighted by Crippen LogP contribution is 2.10. The quantitative estimate of drug-likeness (QED) is 0.770. The molecule has 0 amide bonds. The molecule has 0 aliphatic carbocycles. The van der Waals surface area contributed by atoms with Gasteiger partial charge in [0.15, 0.2) is 0 Å². The molecule has 1 atom stereocenters. The summed E-state index contributed by atoms with van der Waals surface area (Å²) in [5.74, 6) is 0. The standard InChI is InChI=1S/C11H18N2O/c1-3-14-9-11(2,12)8-10-4-6-13-7-5-10/h4-7H,3,8-9,12H2,1-2H3. The van der Waals surface area contributed by atoms with Gasteiger partial charge in [-0.3, -0.25) is 4.98 Å². The van der Waals surface area contributed by atoms with Gasteiger partial charge in [-0.2, -0.15) is 0 Å². The molecule has 1 unspecified atom stereocenters. The van der Waals surface area contributed by atoms with Crippen LogP contribution in [0.4, 0.5) is 0 Å². The fourth-order valence-electron chi connectivity index (χ4n) is 1.35. The fraction of sp³-hybridized carbons (Fsp3) is 0.545. The van der Waals surface area contributed by atoms with E-state index >= 15 is 0 Å². The van der Waals surface area contributed by atoms with E-state index in [1.165, 1.54) is 5.56 Å². The van der Waals surface area contributed by atoms with Crippen LogP contribution in [-0.4, -0.2) is 23.7 Å². The van der Waals surface area contributed by atoms with Crippen molar-refractivity contribution in [3.63, 3.8) is 0 Å². The molecular formula is C11H18N2O. The van der Waals surface area contributed by atoms with Crippen LogP contribution in [-0.2, 0) is 11.2 Å². The van der Waals surface area contributed by atoms with Crippen LogP contribution < -0.4 is 5.73 Å². The minimum absolute atomic E-state index is 0.294. The fourth-order valence-corrected chi connectivity index (χ4v) is 1.35. The van der Waals surface area contributed by atoms with Gasteiger partial charge in [0.25, 0.3) is 0 Å². The Kier molecular flexibility index (Phi) is 4.04. The Hall–Kier alpha value is -0.930. The van der Waals surface area contributed by atoms with Gasteiger partial charge in [-0.25, -0.2) is 0 Å². The molecule has 0 radical (unpaired) electrons. The molecule has 0 aliphatic rings. The molecule has 78 valence electrons. The molecule has 0 saturated carbocycles. The second-order valence-corrected chi connectivity index (χ2v) is 3.82. The van der Waals surface area contributed by atoms with Gasteiger partial charge in [-0.1, -0.05) is 0 Å². The Morgan fingerprint density at radius 2 is 2.07 bits per heavy atom. The third kappa shape index (κ3) is 3.85. The zero-order valence-corrected chi connectivity index (χ0v) is 8.86. The average Bonchev–Trinajstić information content (AvgIpc) is 2.16. The van der Waals surface area contributed by atoms with Gasteiger partial charge in [-0.05, 0) is 38.0 Å². The summed E-state index contributed by atoms with van der Waals surface area (Å²) in [7, 11) is 0. The topological polar surface area (TPSA) is 48.1 Å². The van der Waals surface area contributed by atoms with Gasteiger partial charge in [0.1, 0.15) is 0 Å². The van der Waals surface area contributed by atoms with Crippen molar-refractivity contribution in [1.29, 1.82) is 0 Å². The van der Waals surface area contributed by atoms with Crippen LogP contribution in [0.2, 0.25) is 0 Å². The van der Waals surface area contributed by atoms with E-state index in [-0.39, 0.29) is 5.54 Å². The number of hydrogen-bond donors (Lipinski definition) is 1. The van der Waals surface area contributed by atoms with Crippen molar-refractivity contribution in [2.24, 2.45) is 5.73 Å². The Morgan fingerprint density at radius 1 is 1.43 bits per heavy atom. The molecular weight excluding hydrogens is 176 g/mol. The van der Waals surface area contributed by atoms with E-state index in [2.05, 4.69) is 4.98 Å². The van der Waals surface area contributed by atoms with Crippen molar-refractivity contribution in [3.05, 3.63) is 30.1 Å². The summed E-state index contributed by atoms with van der Waals surface area (Å²) < 4.78 is 5.33. The lowest BCUT2D eigenvalue weighted by Gasteiger charge is -2.24. The van der Waals surface area contributed by atoms with Crippen LogP contribution in [0.1, 0.15) is 19.4 Å². The third-order valence-electron chi connectivity index (χ3n) is 1.99. The molecule has 2 N–H and O–H groups in total. The van der Waals surface area contributed by atoms with Crippen molar-refractivity contribution in [2.75, 3.05) is 13.2 Å². The van der Waals surface area contributed by atoms with E-state index in [0.717, 1.165) is 6.42 Å². The van der Waals surface area contributed by atoms with Crippen LogP contribution in [0, 0.1) is 0 Å². The summed E-state index contributed by atoms with van der Waals surface area (Å²) >= 11 is 0. The zero-order chi connectivity index (χ0) is 10.4. The number of aromatic nitrogens is 1. The maximum Gasteiger partial charge on any atom is 0.0646 e. The van der Waals surface area contributed by atoms with Gasteiger partial charge >= 0.3 is 0 Å². The predicted molar refractivity (Wildman–Crippen MR) is 57.0 cm³/mol. The van der Waals surface area contributed by atoms with E-state index in [0.29, 0.717) is 13.2 Å². The van der Waals surface area contributed by atoms with Crippen molar-refractivity contribution < 1.29 is 4.74 Å². The summed E-state index contributed by atoms with van der Waals surface area (Å²) in [6.07, 6.45) is 4.38. The molecule has 0 bridgehead atoms. The highest BCUT2D eigenvalue weighted by atomic mass is 16.5. The number of nitrogens with zero attached hydrogens (tertiary/aromatic N) is 1. The second-order valence-electron chi connectivity index (χ2n) is 3.82. The van der Waals surface area contributed by atoms with E-state index in [4.69, 9.17) is 10.5 Å². The summed E-state index contributed by atoms with van der Waals surface area (Å²) in [6, 6.07) is 3.97. The molecule has 1 aromatic rings. The first-order valence-electron chi connectivity index (χ1n) is 4.89. The summed E-state index contributed by atoms with van der Waals surface area (Å²) in [4.78, 5) is 3.97. The second kappa shape index (κ2) is 5.08. The number of rotatable bonds is 5. The number of pyridine rings is 1. The Labute approximate surface area is 85.3 Å². The summed E-state index contributed by atoms with van der Waals surface area (Å²) in [5.41, 5.74) is 6.99. The van der Waals surface area contributed by atoms with Gasteiger partial charge in [0, 0.05) is 24.5 Å². The Morgan fingerprint density at radius 3 is 2.64 bits per heavy atom. The summed E-state index contributed by atoms with van der Waals surface area (Å²) in [5, 5.41) is 0. The van der Waals surface area contributed by atoms with E-state index in [9.17, 15) is 0 Å². The molecule has 3 heteroatoms. The largest absolute Gasteiger partial charge is 0.380 e. The minimum Gasteiger partial charge on any atom is -0.380 e. The predicted octanol–water partition coefficient (Wildman–Crippen LogP) is 1.38. The van der Waals surface area contributed by atoms with Gasteiger partial charge < -0.3 is 10.5 Å². The minimum atomic E-state index is -0.294. The van der Waals surface area contributed by atoms with Crippen LogP contribution in [0.25, 0.3) is 0 Å². The van der Waals surface area contributed by atoms with Gasteiger partial charge in [0.05, 0.1) is 6.61 Å². The Balaban J connectivity index is 2.50. The molecule has 14 heavy (non-hydrogen) atoms. The maximum absolute atomic E-state index is 6.09. The third-order valence-corrected chi connectivity index (χ3v) is 1.99. The molecule has 0 aromatic carbocycles. The van der Waals surface area contributed by atoms with Crippen LogP contribution in [0.3, 0.4) is 0 Å². The average molecular weight is 194 g/mol.